The van der Waals surface area contributed by atoms with Crippen molar-refractivity contribution in [3.05, 3.63) is 433 Å². The molecule has 0 amide bonds. The Hall–Kier alpha value is -12.5. The van der Waals surface area contributed by atoms with Gasteiger partial charge < -0.3 is 29.9 Å². The number of pyridine rings is 6. The number of fused-ring (bicyclic) bond motifs is 18. The van der Waals surface area contributed by atoms with Crippen molar-refractivity contribution >= 4 is 97.0 Å². The van der Waals surface area contributed by atoms with E-state index >= 15 is 0 Å². The molecule has 0 N–H and O–H groups in total. The van der Waals surface area contributed by atoms with Crippen LogP contribution in [0.5, 0.6) is 0 Å². The molecule has 3 aliphatic carbocycles. The van der Waals surface area contributed by atoms with Crippen LogP contribution in [-0.2, 0) is 60.3 Å². The molecule has 0 atom stereocenters. The molecular weight excluding hydrogens is 2250 g/mol. The van der Waals surface area contributed by atoms with Crippen LogP contribution in [-0.4, -0.2) is 29.9 Å². The van der Waals surface area contributed by atoms with Crippen LogP contribution in [0.1, 0.15) is 215 Å². The average molecular weight is 2390 g/mol. The third kappa shape index (κ3) is 23.3. The minimum atomic E-state index is -2.34. The molecule has 3 aliphatic rings. The molecule has 9 heteroatoms. The van der Waals surface area contributed by atoms with Crippen LogP contribution in [0.2, 0.25) is 0 Å². The minimum Gasteiger partial charge on any atom is -0.304 e. The number of rotatable bonds is 9. The number of aryl methyl sites for hydroxylation is 6. The topological polar surface area (TPSA) is 77.3 Å². The van der Waals surface area contributed by atoms with Gasteiger partial charge in [0, 0.05) is 126 Å². The van der Waals surface area contributed by atoms with Crippen LogP contribution in [0.4, 0.5) is 0 Å². The van der Waals surface area contributed by atoms with Gasteiger partial charge in [-0.2, -0.15) is 0 Å². The standard InChI is InChI=1S/C34H34N.C32H30N.C30H26N.3C12H10N.3Ir/c1-22-20-35-32(17-30(22)24-18-33(2,3)21-34(4,5)19-24)23-14-15-29-27-12-7-6-10-25(27)26-11-8-9-13-28(26)31(29)16-23;1-21-20-33-31(19-29(21)22-14-16-32(2,3)17-15-22)23-12-13-28-26-10-5-4-8-24(26)25-9-6-7-11-27(25)30(28)18-23;1-20-19-31-30(18-28(20)21-9-3-2-4-10-21)22-15-16-27-25-13-6-5-11-23(25)24-12-7-8-14-26(24)29(27)17-22;3*1-10-7-8-12(13-9-10)11-5-3-2-4-6-11;;;/h6-13,15-17,20,24H,18-19,21H2,1-5H3;4-11,13,18-20,22H,14-17H2,1-3H3;5-8,11-14,16-19,21H,2-4,9-10H2,1H3;3*2-5,7-9H,1H3;;;/q6*-1;;;/i1D3,24D;1D3,22D;1D3,21D;3*1D3;;;. The molecule has 3 saturated carbocycles. The van der Waals surface area contributed by atoms with Gasteiger partial charge in [-0.25, -0.2) is 0 Å². The van der Waals surface area contributed by atoms with E-state index < -0.39 is 58.8 Å². The molecule has 0 unspecified atom stereocenters. The zero-order valence-electron chi connectivity index (χ0n) is 101. The van der Waals surface area contributed by atoms with E-state index in [4.69, 9.17) is 24.7 Å². The van der Waals surface area contributed by atoms with Gasteiger partial charge in [0.25, 0.3) is 0 Å². The summed E-state index contributed by atoms with van der Waals surface area (Å²) in [6, 6.07) is 120. The number of hydrogen-bond donors (Lipinski definition) is 0. The number of nitrogens with zero attached hydrogens (tertiary/aromatic N) is 6. The fourth-order valence-electron chi connectivity index (χ4n) is 20.5. The Kier molecular flexibility index (Phi) is 24.7. The Bertz CT molecular complexity index is 8540. The van der Waals surface area contributed by atoms with Gasteiger partial charge in [0.2, 0.25) is 0 Å². The van der Waals surface area contributed by atoms with Crippen molar-refractivity contribution < 1.29 is 89.1 Å². The molecule has 0 bridgehead atoms. The van der Waals surface area contributed by atoms with E-state index in [2.05, 4.69) is 272 Å². The summed E-state index contributed by atoms with van der Waals surface area (Å²) in [5.41, 5.74) is 12.3. The smallest absolute Gasteiger partial charge is 0.0352 e. The van der Waals surface area contributed by atoms with Crippen molar-refractivity contribution in [2.75, 3.05) is 0 Å². The maximum atomic E-state index is 9.69. The molecule has 24 rings (SSSR count). The number of benzene rings is 15. The van der Waals surface area contributed by atoms with Gasteiger partial charge >= 0.3 is 0 Å². The van der Waals surface area contributed by atoms with Crippen LogP contribution in [0.3, 0.4) is 0 Å². The summed E-state index contributed by atoms with van der Waals surface area (Å²) in [5, 5.41) is 21.0. The van der Waals surface area contributed by atoms with Crippen molar-refractivity contribution in [2.45, 2.75) is 177 Å². The maximum Gasteiger partial charge on any atom is 0.0352 e. The Labute approximate surface area is 903 Å². The van der Waals surface area contributed by atoms with Gasteiger partial charge in [-0.05, 0) is 266 Å². The molecule has 0 aliphatic heterocycles. The van der Waals surface area contributed by atoms with Crippen molar-refractivity contribution in [2.24, 2.45) is 16.2 Å². The molecule has 15 aromatic carbocycles. The monoisotopic (exact) mass is 2390 g/mol. The first kappa shape index (κ1) is 77.2. The van der Waals surface area contributed by atoms with Crippen LogP contribution >= 0.6 is 0 Å². The summed E-state index contributed by atoms with van der Waals surface area (Å²) < 4.78 is 167. The van der Waals surface area contributed by atoms with Crippen LogP contribution in [0.15, 0.2) is 347 Å². The summed E-state index contributed by atoms with van der Waals surface area (Å²) in [7, 11) is 0. The first-order valence-corrected chi connectivity index (χ1v) is 47.5. The number of hydrogen-bond acceptors (Lipinski definition) is 6. The van der Waals surface area contributed by atoms with E-state index in [1.54, 1.807) is 54.6 Å². The second kappa shape index (κ2) is 45.2. The van der Waals surface area contributed by atoms with Gasteiger partial charge in [0.1, 0.15) is 0 Å². The third-order valence-corrected chi connectivity index (χ3v) is 27.0. The predicted molar refractivity (Wildman–Crippen MR) is 582 cm³/mol. The Balaban J connectivity index is 0.000000141. The summed E-state index contributed by atoms with van der Waals surface area (Å²) in [4.78, 5) is 26.2. The Morgan fingerprint density at radius 1 is 0.248 bits per heavy atom. The van der Waals surface area contributed by atoms with Crippen LogP contribution in [0.25, 0.3) is 164 Å². The van der Waals surface area contributed by atoms with Crippen molar-refractivity contribution in [1.82, 2.24) is 29.9 Å². The first-order chi connectivity index (χ1) is 75.4. The molecule has 3 radical (unpaired) electrons. The van der Waals surface area contributed by atoms with E-state index in [-0.39, 0.29) is 110 Å². The zero-order chi connectivity index (χ0) is 113. The zero-order valence-corrected chi connectivity index (χ0v) is 86.8. The minimum absolute atomic E-state index is 0. The largest absolute Gasteiger partial charge is 0.304 e. The second-order valence-electron chi connectivity index (χ2n) is 38.7. The molecule has 6 aromatic heterocycles. The Morgan fingerprint density at radius 2 is 0.518 bits per heavy atom. The SMILES string of the molecule is [2H]C([2H])([2H])c1ccc(-c2[c-]cccc2)nc1.[2H]C([2H])([2H])c1ccc(-c2[c-]cccc2)nc1.[2H]C([2H])([2H])c1ccc(-c2[c-]cccc2)nc1.[2H]C([2H])([2H])c1cnc(-c2[c-]cc3c4ccccc4c4ccccc4c3c2)cc1C1([2H])CC(C)(C)CC(C)(C)C1.[2H]C([2H])([2H])c1cnc(-c2[c-]cc3c4ccccc4c4ccccc4c3c2)cc1C1([2H])CCC(C)(C)CC1.[2H]C([2H])([2H])c1cnc(-c2[c-]cc3c4ccccc4c4ccccc4c3c2)cc1C1([2H])CCCCC1.[Ir].[Ir].[Ir]. The summed E-state index contributed by atoms with van der Waals surface area (Å²) in [6.45, 7) is 0.00926. The van der Waals surface area contributed by atoms with Crippen LogP contribution in [0, 0.1) is 93.8 Å². The summed E-state index contributed by atoms with van der Waals surface area (Å²) in [5.74, 6) is -2.84. The Morgan fingerprint density at radius 3 is 0.787 bits per heavy atom. The van der Waals surface area contributed by atoms with E-state index in [1.807, 2.05) is 91.0 Å². The van der Waals surface area contributed by atoms with Crippen molar-refractivity contribution in [3.8, 4) is 67.5 Å². The molecular formula is C132H120Ir3N6-6. The molecule has 21 aromatic rings. The van der Waals surface area contributed by atoms with E-state index in [0.29, 0.717) is 72.3 Å². The molecule has 141 heavy (non-hydrogen) atoms. The van der Waals surface area contributed by atoms with Gasteiger partial charge in [0.05, 0.1) is 0 Å². The first-order valence-electron chi connectivity index (χ1n) is 58.0. The molecule has 6 nitrogen and oxygen atoms in total. The quantitative estimate of drug-likeness (QED) is 0.106. The molecule has 0 spiro atoms. The maximum absolute atomic E-state index is 9.69. The van der Waals surface area contributed by atoms with Crippen molar-refractivity contribution in [1.29, 1.82) is 0 Å². The average Bonchev–Trinajstić information content (AvgIpc) is 0.735. The summed E-state index contributed by atoms with van der Waals surface area (Å²) >= 11 is 0. The second-order valence-corrected chi connectivity index (χ2v) is 38.7. The van der Waals surface area contributed by atoms with Gasteiger partial charge in [0.15, 0.2) is 0 Å². The van der Waals surface area contributed by atoms with E-state index in [9.17, 15) is 4.11 Å². The van der Waals surface area contributed by atoms with Crippen molar-refractivity contribution in [3.63, 3.8) is 0 Å². The molecule has 3 fully saturated rings. The summed E-state index contributed by atoms with van der Waals surface area (Å²) in [6.07, 6.45) is 18.3. The van der Waals surface area contributed by atoms with Gasteiger partial charge in [-0.15, -0.1) is 179 Å². The fraction of sp³-hybridized carbons (Fsp3) is 0.227. The molecule has 711 valence electrons. The third-order valence-electron chi connectivity index (χ3n) is 27.0. The molecule has 6 heterocycles. The van der Waals surface area contributed by atoms with E-state index in [0.717, 1.165) is 132 Å². The van der Waals surface area contributed by atoms with E-state index in [1.165, 1.54) is 91.0 Å². The normalized spacial score (nSPS) is 17.8. The predicted octanol–water partition coefficient (Wildman–Crippen LogP) is 35.6. The fourth-order valence-corrected chi connectivity index (χ4v) is 20.5. The van der Waals surface area contributed by atoms with Gasteiger partial charge in [-0.1, -0.05) is 309 Å². The van der Waals surface area contributed by atoms with Gasteiger partial charge in [-0.3, -0.25) is 0 Å². The van der Waals surface area contributed by atoms with Crippen LogP contribution < -0.4 is 0 Å². The molecule has 0 saturated heterocycles. The number of aromatic nitrogens is 6.